The summed E-state index contributed by atoms with van der Waals surface area (Å²) in [5.74, 6) is -0.784. The fourth-order valence-corrected chi connectivity index (χ4v) is 3.82. The number of carbonyl (C=O) groups is 3. The topological polar surface area (TPSA) is 105 Å². The van der Waals surface area contributed by atoms with Crippen molar-refractivity contribution in [2.75, 3.05) is 13.1 Å². The maximum Gasteiger partial charge on any atom is 0.344 e. The van der Waals surface area contributed by atoms with Crippen molar-refractivity contribution in [3.8, 4) is 0 Å². The summed E-state index contributed by atoms with van der Waals surface area (Å²) < 4.78 is 6.22. The second-order valence-electron chi connectivity index (χ2n) is 8.50. The molecule has 0 unspecified atom stereocenters. The first kappa shape index (κ1) is 20.4. The number of carbonyl (C=O) groups excluding carboxylic acids is 3. The van der Waals surface area contributed by atoms with Gasteiger partial charge in [0.25, 0.3) is 0 Å². The van der Waals surface area contributed by atoms with E-state index in [1.54, 1.807) is 0 Å². The SMILES string of the molecule is CC1=C[C@@H]2CN(C(=O)N2O[Si](C)(C)C(C)(C)C)[C@@H]1C(=O)NCCC(N)=O. The van der Waals surface area contributed by atoms with Crippen molar-refractivity contribution in [1.29, 1.82) is 0 Å². The van der Waals surface area contributed by atoms with Crippen molar-refractivity contribution in [3.63, 3.8) is 0 Å². The zero-order valence-electron chi connectivity index (χ0n) is 16.5. The van der Waals surface area contributed by atoms with Crippen LogP contribution in [-0.2, 0) is 14.1 Å². The van der Waals surface area contributed by atoms with Crippen LogP contribution in [0.15, 0.2) is 11.6 Å². The maximum absolute atomic E-state index is 12.9. The Morgan fingerprint density at radius 2 is 2.00 bits per heavy atom. The van der Waals surface area contributed by atoms with E-state index < -0.39 is 20.3 Å². The highest BCUT2D eigenvalue weighted by Gasteiger charge is 2.50. The van der Waals surface area contributed by atoms with Crippen LogP contribution in [-0.4, -0.2) is 61.3 Å². The van der Waals surface area contributed by atoms with E-state index in [1.165, 1.54) is 9.96 Å². The minimum Gasteiger partial charge on any atom is -0.370 e. The van der Waals surface area contributed by atoms with Crippen molar-refractivity contribution < 1.29 is 18.9 Å². The standard InChI is InChI=1S/C17H30N4O4Si/c1-11-9-12-10-20(14(11)15(23)19-8-7-13(18)22)16(24)21(12)25-26(5,6)17(2,3)4/h9,12,14H,7-8,10H2,1-6H3,(H2,18,22)(H,19,23)/t12-,14+/m1/s1. The molecule has 1 saturated heterocycles. The molecule has 0 aromatic heterocycles. The average molecular weight is 383 g/mol. The number of amides is 4. The first-order valence-corrected chi connectivity index (χ1v) is 11.8. The third-order valence-corrected chi connectivity index (χ3v) is 9.63. The highest BCUT2D eigenvalue weighted by Crippen LogP contribution is 2.39. The van der Waals surface area contributed by atoms with Crippen LogP contribution in [0.5, 0.6) is 0 Å². The van der Waals surface area contributed by atoms with E-state index in [-0.39, 0.29) is 36.0 Å². The van der Waals surface area contributed by atoms with Crippen molar-refractivity contribution in [2.24, 2.45) is 5.73 Å². The molecule has 4 amide bonds. The van der Waals surface area contributed by atoms with E-state index in [9.17, 15) is 14.4 Å². The van der Waals surface area contributed by atoms with Gasteiger partial charge in [-0.15, -0.1) is 0 Å². The molecule has 0 spiro atoms. The Hall–Kier alpha value is -1.87. The zero-order chi connectivity index (χ0) is 19.9. The minimum absolute atomic E-state index is 0.0381. The van der Waals surface area contributed by atoms with Gasteiger partial charge in [0.2, 0.25) is 20.1 Å². The number of nitrogens with two attached hydrogens (primary N) is 1. The Labute approximate surface area is 155 Å². The lowest BCUT2D eigenvalue weighted by Crippen LogP contribution is -2.51. The molecular formula is C17H30N4O4Si. The van der Waals surface area contributed by atoms with Gasteiger partial charge >= 0.3 is 6.03 Å². The van der Waals surface area contributed by atoms with Crippen molar-refractivity contribution >= 4 is 26.2 Å². The van der Waals surface area contributed by atoms with Gasteiger partial charge in [-0.1, -0.05) is 26.8 Å². The highest BCUT2D eigenvalue weighted by molar-refractivity contribution is 6.74. The highest BCUT2D eigenvalue weighted by atomic mass is 28.4. The summed E-state index contributed by atoms with van der Waals surface area (Å²) in [5, 5.41) is 4.08. The average Bonchev–Trinajstić information content (AvgIpc) is 2.71. The summed E-state index contributed by atoms with van der Waals surface area (Å²) in [6.45, 7) is 12.9. The van der Waals surface area contributed by atoms with Crippen LogP contribution in [0.4, 0.5) is 4.79 Å². The quantitative estimate of drug-likeness (QED) is 0.534. The summed E-state index contributed by atoms with van der Waals surface area (Å²) in [4.78, 5) is 37.8. The number of primary amides is 1. The van der Waals surface area contributed by atoms with Gasteiger partial charge in [-0.25, -0.2) is 9.86 Å². The van der Waals surface area contributed by atoms with Gasteiger partial charge in [0.05, 0.1) is 12.6 Å². The molecule has 0 aliphatic carbocycles. The maximum atomic E-state index is 12.9. The molecule has 2 bridgehead atoms. The number of urea groups is 1. The molecule has 2 rings (SSSR count). The second-order valence-corrected chi connectivity index (χ2v) is 13.2. The van der Waals surface area contributed by atoms with Crippen LogP contribution in [0.1, 0.15) is 34.1 Å². The van der Waals surface area contributed by atoms with E-state index in [0.29, 0.717) is 6.54 Å². The molecule has 2 aliphatic rings. The molecule has 3 N–H and O–H groups in total. The predicted octanol–water partition coefficient (Wildman–Crippen LogP) is 1.35. The fourth-order valence-electron chi connectivity index (χ4n) is 2.84. The number of nitrogens with one attached hydrogen (secondary N) is 1. The Morgan fingerprint density at radius 3 is 2.54 bits per heavy atom. The molecule has 1 fully saturated rings. The monoisotopic (exact) mass is 382 g/mol. The first-order valence-electron chi connectivity index (χ1n) is 8.88. The minimum atomic E-state index is -2.18. The van der Waals surface area contributed by atoms with E-state index >= 15 is 0 Å². The molecule has 8 nitrogen and oxygen atoms in total. The van der Waals surface area contributed by atoms with Crippen LogP contribution < -0.4 is 11.1 Å². The smallest absolute Gasteiger partial charge is 0.344 e. The number of nitrogens with zero attached hydrogens (tertiary/aromatic N) is 2. The molecule has 9 heteroatoms. The summed E-state index contributed by atoms with van der Waals surface area (Å²) in [6, 6.07) is -1.16. The van der Waals surface area contributed by atoms with Crippen LogP contribution in [0.3, 0.4) is 0 Å². The van der Waals surface area contributed by atoms with Gasteiger partial charge < -0.3 is 20.5 Å². The molecule has 26 heavy (non-hydrogen) atoms. The molecule has 2 atom stereocenters. The third kappa shape index (κ3) is 3.93. The van der Waals surface area contributed by atoms with Gasteiger partial charge in [0.1, 0.15) is 6.04 Å². The third-order valence-electron chi connectivity index (χ3n) is 5.37. The molecular weight excluding hydrogens is 352 g/mol. The summed E-state index contributed by atoms with van der Waals surface area (Å²) in [6.07, 6.45) is 1.99. The van der Waals surface area contributed by atoms with E-state index in [0.717, 1.165) is 5.57 Å². The lowest BCUT2D eigenvalue weighted by atomic mass is 10.00. The van der Waals surface area contributed by atoms with Crippen molar-refractivity contribution in [2.45, 2.75) is 64.3 Å². The molecule has 2 heterocycles. The summed E-state index contributed by atoms with van der Waals surface area (Å²) in [7, 11) is -2.18. The van der Waals surface area contributed by atoms with Crippen molar-refractivity contribution in [1.82, 2.24) is 15.3 Å². The Morgan fingerprint density at radius 1 is 1.38 bits per heavy atom. The molecule has 0 saturated carbocycles. The summed E-state index contributed by atoms with van der Waals surface area (Å²) in [5.41, 5.74) is 5.89. The van der Waals surface area contributed by atoms with Crippen LogP contribution in [0.2, 0.25) is 18.1 Å². The lowest BCUT2D eigenvalue weighted by Gasteiger charge is -2.39. The molecule has 0 radical (unpaired) electrons. The molecule has 0 aromatic rings. The van der Waals surface area contributed by atoms with E-state index in [4.69, 9.17) is 10.3 Å². The summed E-state index contributed by atoms with van der Waals surface area (Å²) >= 11 is 0. The molecule has 2 aliphatic heterocycles. The Kier molecular flexibility index (Phi) is 5.53. The van der Waals surface area contributed by atoms with Gasteiger partial charge in [-0.2, -0.15) is 0 Å². The van der Waals surface area contributed by atoms with Crippen molar-refractivity contribution in [3.05, 3.63) is 11.6 Å². The first-order chi connectivity index (χ1) is 11.8. The van der Waals surface area contributed by atoms with E-state index in [1.807, 2.05) is 13.0 Å². The van der Waals surface area contributed by atoms with Gasteiger partial charge in [0, 0.05) is 13.0 Å². The predicted molar refractivity (Wildman–Crippen MR) is 100 cm³/mol. The van der Waals surface area contributed by atoms with Gasteiger partial charge in [-0.3, -0.25) is 9.59 Å². The van der Waals surface area contributed by atoms with Gasteiger partial charge in [-0.05, 0) is 30.6 Å². The fraction of sp³-hybridized carbons (Fsp3) is 0.706. The van der Waals surface area contributed by atoms with Crippen LogP contribution in [0.25, 0.3) is 0 Å². The molecule has 0 aromatic carbocycles. The Balaban J connectivity index is 2.13. The molecule has 146 valence electrons. The normalized spacial score (nSPS) is 23.2. The second kappa shape index (κ2) is 7.03. The Bertz CT molecular complexity index is 641. The van der Waals surface area contributed by atoms with Crippen LogP contribution >= 0.6 is 0 Å². The van der Waals surface area contributed by atoms with Gasteiger partial charge in [0.15, 0.2) is 0 Å². The zero-order valence-corrected chi connectivity index (χ0v) is 17.5. The number of hydroxylamine groups is 2. The van der Waals surface area contributed by atoms with Crippen LogP contribution in [0, 0.1) is 0 Å². The largest absolute Gasteiger partial charge is 0.370 e. The number of rotatable bonds is 6. The number of hydrogen-bond donors (Lipinski definition) is 2. The lowest BCUT2D eigenvalue weighted by molar-refractivity contribution is -0.124. The number of hydrogen-bond acceptors (Lipinski definition) is 4. The van der Waals surface area contributed by atoms with E-state index in [2.05, 4.69) is 39.2 Å². The number of fused-ring (bicyclic) bond motifs is 2.